The topological polar surface area (TPSA) is 44.0 Å². The minimum atomic E-state index is -0.0462. The molecule has 0 bridgehead atoms. The number of aliphatic hydroxyl groups is 1. The van der Waals surface area contributed by atoms with Crippen molar-refractivity contribution in [1.29, 1.82) is 5.26 Å². The Morgan fingerprint density at radius 3 is 2.74 bits per heavy atom. The first-order valence-corrected chi connectivity index (χ1v) is 9.72. The standard InChI is InChI=1S/C21H31NO/c1-20-8-6-18-17(19(20)11-14(13-20)7-10-22)4-3-15-12-16(23)5-9-21(15,18)2/h7,15-19,23H,3-6,8-9,11-13H2,1-2H3/t15?,16?,17-,18?,19?,20-,21+/m0/s1. The van der Waals surface area contributed by atoms with Crippen molar-refractivity contribution in [2.24, 2.45) is 34.5 Å². The van der Waals surface area contributed by atoms with Crippen LogP contribution in [0.2, 0.25) is 0 Å². The largest absolute Gasteiger partial charge is 0.393 e. The molecule has 7 atom stereocenters. The molecule has 0 amide bonds. The van der Waals surface area contributed by atoms with Gasteiger partial charge in [0, 0.05) is 6.08 Å². The Hall–Kier alpha value is -0.810. The van der Waals surface area contributed by atoms with Crippen LogP contribution in [-0.4, -0.2) is 11.2 Å². The van der Waals surface area contributed by atoms with Crippen molar-refractivity contribution in [2.45, 2.75) is 77.7 Å². The molecule has 0 aliphatic heterocycles. The van der Waals surface area contributed by atoms with Crippen molar-refractivity contribution in [3.63, 3.8) is 0 Å². The van der Waals surface area contributed by atoms with Crippen molar-refractivity contribution in [3.05, 3.63) is 11.6 Å². The third-order valence-electron chi connectivity index (χ3n) is 8.54. The number of fused-ring (bicyclic) bond motifs is 5. The van der Waals surface area contributed by atoms with Crippen LogP contribution in [0.4, 0.5) is 0 Å². The van der Waals surface area contributed by atoms with E-state index in [1.54, 1.807) is 0 Å². The Balaban J connectivity index is 1.62. The van der Waals surface area contributed by atoms with E-state index in [0.29, 0.717) is 10.8 Å². The lowest BCUT2D eigenvalue weighted by Crippen LogP contribution is -2.53. The van der Waals surface area contributed by atoms with E-state index in [1.165, 1.54) is 44.1 Å². The number of hydrogen-bond donors (Lipinski definition) is 1. The first kappa shape index (κ1) is 15.7. The van der Waals surface area contributed by atoms with Gasteiger partial charge in [0.05, 0.1) is 12.2 Å². The summed E-state index contributed by atoms with van der Waals surface area (Å²) in [4.78, 5) is 0. The maximum atomic E-state index is 10.1. The van der Waals surface area contributed by atoms with Gasteiger partial charge in [0.2, 0.25) is 0 Å². The molecule has 0 aromatic heterocycles. The Morgan fingerprint density at radius 2 is 1.96 bits per heavy atom. The molecule has 0 aromatic carbocycles. The van der Waals surface area contributed by atoms with Gasteiger partial charge in [-0.05, 0) is 92.3 Å². The summed E-state index contributed by atoms with van der Waals surface area (Å²) in [6, 6.07) is 2.28. The molecule has 4 aliphatic rings. The minimum absolute atomic E-state index is 0.0462. The molecule has 1 N–H and O–H groups in total. The summed E-state index contributed by atoms with van der Waals surface area (Å²) < 4.78 is 0. The monoisotopic (exact) mass is 313 g/mol. The van der Waals surface area contributed by atoms with Gasteiger partial charge in [-0.2, -0.15) is 5.26 Å². The molecule has 4 fully saturated rings. The van der Waals surface area contributed by atoms with E-state index in [0.717, 1.165) is 42.9 Å². The zero-order valence-electron chi connectivity index (χ0n) is 14.7. The maximum Gasteiger partial charge on any atom is 0.0911 e. The molecule has 0 heterocycles. The van der Waals surface area contributed by atoms with E-state index in [2.05, 4.69) is 19.9 Å². The van der Waals surface area contributed by atoms with E-state index in [1.807, 2.05) is 6.08 Å². The third kappa shape index (κ3) is 2.30. The molecule has 2 heteroatoms. The molecule has 4 saturated carbocycles. The average Bonchev–Trinajstić information content (AvgIpc) is 2.84. The number of allylic oxidation sites excluding steroid dienone is 2. The van der Waals surface area contributed by atoms with Crippen LogP contribution in [0.3, 0.4) is 0 Å². The van der Waals surface area contributed by atoms with Gasteiger partial charge >= 0.3 is 0 Å². The van der Waals surface area contributed by atoms with Gasteiger partial charge in [-0.25, -0.2) is 0 Å². The molecule has 4 rings (SSSR count). The fourth-order valence-corrected chi connectivity index (χ4v) is 7.32. The van der Waals surface area contributed by atoms with Gasteiger partial charge in [-0.3, -0.25) is 0 Å². The van der Waals surface area contributed by atoms with Crippen LogP contribution in [0.1, 0.15) is 71.6 Å². The summed E-state index contributed by atoms with van der Waals surface area (Å²) in [5.74, 6) is 3.25. The highest BCUT2D eigenvalue weighted by Crippen LogP contribution is 2.66. The lowest BCUT2D eigenvalue weighted by atomic mass is 9.45. The number of hydrogen-bond acceptors (Lipinski definition) is 2. The second-order valence-electron chi connectivity index (χ2n) is 9.59. The van der Waals surface area contributed by atoms with Crippen LogP contribution in [0.5, 0.6) is 0 Å². The molecule has 126 valence electrons. The number of rotatable bonds is 0. The van der Waals surface area contributed by atoms with Crippen molar-refractivity contribution in [3.8, 4) is 6.07 Å². The van der Waals surface area contributed by atoms with E-state index in [-0.39, 0.29) is 6.10 Å². The second kappa shape index (κ2) is 5.35. The van der Waals surface area contributed by atoms with E-state index >= 15 is 0 Å². The van der Waals surface area contributed by atoms with Gasteiger partial charge in [0.15, 0.2) is 0 Å². The highest BCUT2D eigenvalue weighted by atomic mass is 16.3. The second-order valence-corrected chi connectivity index (χ2v) is 9.59. The molecule has 0 saturated heterocycles. The molecular formula is C21H31NO. The fourth-order valence-electron chi connectivity index (χ4n) is 7.32. The molecular weight excluding hydrogens is 282 g/mol. The van der Waals surface area contributed by atoms with E-state index in [4.69, 9.17) is 5.26 Å². The van der Waals surface area contributed by atoms with Crippen LogP contribution in [-0.2, 0) is 0 Å². The zero-order valence-corrected chi connectivity index (χ0v) is 14.7. The molecule has 4 unspecified atom stereocenters. The van der Waals surface area contributed by atoms with Gasteiger partial charge in [0.1, 0.15) is 0 Å². The SMILES string of the molecule is C[C@@]12CCC3[C@H](CCC4CC(O)CC[C@]43C)C1CC(=CC#N)C2. The summed E-state index contributed by atoms with van der Waals surface area (Å²) in [6.45, 7) is 5.04. The third-order valence-corrected chi connectivity index (χ3v) is 8.54. The quantitative estimate of drug-likeness (QED) is 0.650. The summed E-state index contributed by atoms with van der Waals surface area (Å²) in [5, 5.41) is 19.2. The summed E-state index contributed by atoms with van der Waals surface area (Å²) in [5.41, 5.74) is 2.32. The van der Waals surface area contributed by atoms with Crippen LogP contribution >= 0.6 is 0 Å². The van der Waals surface area contributed by atoms with Crippen LogP contribution in [0, 0.1) is 45.8 Å². The lowest BCUT2D eigenvalue weighted by molar-refractivity contribution is -0.120. The normalized spacial score (nSPS) is 54.0. The lowest BCUT2D eigenvalue weighted by Gasteiger charge is -2.60. The first-order valence-electron chi connectivity index (χ1n) is 9.72. The molecule has 0 radical (unpaired) electrons. The molecule has 4 aliphatic carbocycles. The van der Waals surface area contributed by atoms with Crippen LogP contribution in [0.15, 0.2) is 11.6 Å². The fraction of sp³-hybridized carbons (Fsp3) is 0.857. The van der Waals surface area contributed by atoms with Gasteiger partial charge in [-0.15, -0.1) is 0 Å². The highest BCUT2D eigenvalue weighted by molar-refractivity contribution is 5.23. The molecule has 0 spiro atoms. The number of aliphatic hydroxyl groups excluding tert-OH is 1. The molecule has 23 heavy (non-hydrogen) atoms. The van der Waals surface area contributed by atoms with Gasteiger partial charge in [0.25, 0.3) is 0 Å². The Kier molecular flexibility index (Phi) is 3.65. The van der Waals surface area contributed by atoms with Gasteiger partial charge < -0.3 is 5.11 Å². The summed E-state index contributed by atoms with van der Waals surface area (Å²) in [6.07, 6.45) is 12.8. The van der Waals surface area contributed by atoms with E-state index < -0.39 is 0 Å². The van der Waals surface area contributed by atoms with Crippen LogP contribution < -0.4 is 0 Å². The minimum Gasteiger partial charge on any atom is -0.393 e. The van der Waals surface area contributed by atoms with Crippen molar-refractivity contribution in [1.82, 2.24) is 0 Å². The average molecular weight is 313 g/mol. The van der Waals surface area contributed by atoms with E-state index in [9.17, 15) is 5.11 Å². The number of nitrogens with zero attached hydrogens (tertiary/aromatic N) is 1. The maximum absolute atomic E-state index is 10.1. The predicted octanol–water partition coefficient (Wildman–Crippen LogP) is 4.84. The Morgan fingerprint density at radius 1 is 1.13 bits per heavy atom. The van der Waals surface area contributed by atoms with Gasteiger partial charge in [-0.1, -0.05) is 19.4 Å². The van der Waals surface area contributed by atoms with Crippen molar-refractivity contribution in [2.75, 3.05) is 0 Å². The Labute approximate surface area is 141 Å². The smallest absolute Gasteiger partial charge is 0.0911 e. The first-order chi connectivity index (χ1) is 11.0. The van der Waals surface area contributed by atoms with Crippen molar-refractivity contribution >= 4 is 0 Å². The zero-order chi connectivity index (χ0) is 16.2. The molecule has 2 nitrogen and oxygen atoms in total. The highest BCUT2D eigenvalue weighted by Gasteiger charge is 2.58. The molecule has 0 aromatic rings. The summed E-state index contributed by atoms with van der Waals surface area (Å²) in [7, 11) is 0. The number of nitriles is 1. The van der Waals surface area contributed by atoms with Crippen LogP contribution in [0.25, 0.3) is 0 Å². The Bertz CT molecular complexity index is 561. The predicted molar refractivity (Wildman–Crippen MR) is 91.4 cm³/mol. The summed E-state index contributed by atoms with van der Waals surface area (Å²) >= 11 is 0. The van der Waals surface area contributed by atoms with Crippen molar-refractivity contribution < 1.29 is 5.11 Å².